The molecule has 0 fully saturated rings. The van der Waals surface area contributed by atoms with Gasteiger partial charge in [0.05, 0.1) is 10.6 Å². The highest BCUT2D eigenvalue weighted by Crippen LogP contribution is 2.30. The van der Waals surface area contributed by atoms with Crippen LogP contribution < -0.4 is 5.32 Å². The van der Waals surface area contributed by atoms with Gasteiger partial charge in [0.1, 0.15) is 5.01 Å². The van der Waals surface area contributed by atoms with Crippen LogP contribution in [0.4, 0.5) is 5.13 Å². The van der Waals surface area contributed by atoms with Crippen LogP contribution in [-0.2, 0) is 5.75 Å². The van der Waals surface area contributed by atoms with Gasteiger partial charge in [-0.3, -0.25) is 0 Å². The zero-order valence-electron chi connectivity index (χ0n) is 10.6. The van der Waals surface area contributed by atoms with Gasteiger partial charge in [-0.1, -0.05) is 6.92 Å². The van der Waals surface area contributed by atoms with Crippen molar-refractivity contribution in [1.82, 2.24) is 9.97 Å². The van der Waals surface area contributed by atoms with Gasteiger partial charge < -0.3 is 5.32 Å². The summed E-state index contributed by atoms with van der Waals surface area (Å²) in [5.41, 5.74) is 1.04. The minimum absolute atomic E-state index is 0.911. The van der Waals surface area contributed by atoms with Crippen molar-refractivity contribution in [3.05, 3.63) is 16.6 Å². The molecule has 0 saturated heterocycles. The predicted octanol–water partition coefficient (Wildman–Crippen LogP) is 4.34. The van der Waals surface area contributed by atoms with E-state index in [-0.39, 0.29) is 0 Å². The molecule has 0 bridgehead atoms. The fraction of sp³-hybridized carbons (Fsp3) is 0.500. The van der Waals surface area contributed by atoms with Crippen molar-refractivity contribution in [3.63, 3.8) is 0 Å². The first-order valence-corrected chi connectivity index (χ1v) is 8.90. The van der Waals surface area contributed by atoms with Crippen molar-refractivity contribution in [3.8, 4) is 10.6 Å². The molecule has 0 aliphatic carbocycles. The maximum Gasteiger partial charge on any atom is 0.183 e. The van der Waals surface area contributed by atoms with E-state index in [2.05, 4.69) is 34.5 Å². The number of thiazole rings is 2. The molecule has 0 aromatic carbocycles. The molecular weight excluding hydrogens is 282 g/mol. The first-order chi connectivity index (χ1) is 8.83. The van der Waals surface area contributed by atoms with Crippen LogP contribution in [0.2, 0.25) is 0 Å². The smallest absolute Gasteiger partial charge is 0.183 e. The molecule has 0 amide bonds. The number of thioether (sulfide) groups is 1. The minimum Gasteiger partial charge on any atom is -0.362 e. The molecule has 0 radical (unpaired) electrons. The lowest BCUT2D eigenvalue weighted by molar-refractivity contribution is 1.10. The topological polar surface area (TPSA) is 37.8 Å². The molecule has 18 heavy (non-hydrogen) atoms. The van der Waals surface area contributed by atoms with Crippen LogP contribution in [0, 0.1) is 0 Å². The van der Waals surface area contributed by atoms with Gasteiger partial charge in [-0.15, -0.1) is 22.7 Å². The van der Waals surface area contributed by atoms with E-state index in [0.29, 0.717) is 0 Å². The Morgan fingerprint density at radius 1 is 1.39 bits per heavy atom. The predicted molar refractivity (Wildman–Crippen MR) is 83.8 cm³/mol. The summed E-state index contributed by atoms with van der Waals surface area (Å²) in [5, 5.41) is 7.51. The highest BCUT2D eigenvalue weighted by molar-refractivity contribution is 7.98. The van der Waals surface area contributed by atoms with Gasteiger partial charge in [0, 0.05) is 23.9 Å². The normalized spacial score (nSPS) is 10.8. The van der Waals surface area contributed by atoms with Gasteiger partial charge in [0.2, 0.25) is 0 Å². The number of rotatable bonds is 7. The van der Waals surface area contributed by atoms with Crippen molar-refractivity contribution < 1.29 is 0 Å². The molecule has 2 aromatic rings. The van der Waals surface area contributed by atoms with Crippen molar-refractivity contribution in [2.45, 2.75) is 26.0 Å². The van der Waals surface area contributed by atoms with Crippen molar-refractivity contribution in [2.24, 2.45) is 0 Å². The Balaban J connectivity index is 1.99. The summed E-state index contributed by atoms with van der Waals surface area (Å²) >= 11 is 5.35. The Labute approximate surface area is 120 Å². The van der Waals surface area contributed by atoms with Crippen LogP contribution >= 0.6 is 34.4 Å². The summed E-state index contributed by atoms with van der Waals surface area (Å²) in [6.07, 6.45) is 3.16. The van der Waals surface area contributed by atoms with Gasteiger partial charge in [-0.25, -0.2) is 9.97 Å². The van der Waals surface area contributed by atoms with E-state index in [0.717, 1.165) is 23.1 Å². The standard InChI is InChI=1S/C12H17N3S3/c1-3-5-16-8-11-14-6-10(18-11)9-7-17-12(15-9)13-4-2/h6-7H,3-5,8H2,1-2H3,(H,13,15). The Kier molecular flexibility index (Phi) is 5.46. The van der Waals surface area contributed by atoms with Crippen molar-refractivity contribution in [1.29, 1.82) is 0 Å². The Hall–Kier alpha value is -0.590. The lowest BCUT2D eigenvalue weighted by Gasteiger charge is -1.94. The van der Waals surface area contributed by atoms with E-state index in [9.17, 15) is 0 Å². The van der Waals surface area contributed by atoms with Gasteiger partial charge in [-0.05, 0) is 19.1 Å². The number of anilines is 1. The summed E-state index contributed by atoms with van der Waals surface area (Å²) in [6.45, 7) is 5.20. The second-order valence-corrected chi connectivity index (χ2v) is 6.82. The van der Waals surface area contributed by atoms with Crippen LogP contribution in [0.15, 0.2) is 11.6 Å². The maximum absolute atomic E-state index is 4.55. The van der Waals surface area contributed by atoms with E-state index in [4.69, 9.17) is 0 Å². The molecule has 98 valence electrons. The Morgan fingerprint density at radius 2 is 2.28 bits per heavy atom. The van der Waals surface area contributed by atoms with Gasteiger partial charge in [0.15, 0.2) is 5.13 Å². The molecule has 0 aliphatic heterocycles. The van der Waals surface area contributed by atoms with Gasteiger partial charge >= 0.3 is 0 Å². The summed E-state index contributed by atoms with van der Waals surface area (Å²) in [6, 6.07) is 0. The molecule has 0 aliphatic rings. The first kappa shape index (κ1) is 13.8. The number of hydrogen-bond acceptors (Lipinski definition) is 6. The third-order valence-corrected chi connectivity index (χ3v) is 5.39. The second-order valence-electron chi connectivity index (χ2n) is 3.74. The quantitative estimate of drug-likeness (QED) is 0.772. The second kappa shape index (κ2) is 7.11. The van der Waals surface area contributed by atoms with Crippen LogP contribution in [0.5, 0.6) is 0 Å². The Morgan fingerprint density at radius 3 is 3.06 bits per heavy atom. The Bertz CT molecular complexity index is 478. The third-order valence-electron chi connectivity index (χ3n) is 2.21. The molecule has 2 aromatic heterocycles. The van der Waals surface area contributed by atoms with Crippen molar-refractivity contribution in [2.75, 3.05) is 17.6 Å². The van der Waals surface area contributed by atoms with E-state index in [1.165, 1.54) is 22.1 Å². The number of hydrogen-bond donors (Lipinski definition) is 1. The summed E-state index contributed by atoms with van der Waals surface area (Å²) in [5.74, 6) is 2.22. The fourth-order valence-electron chi connectivity index (χ4n) is 1.42. The van der Waals surface area contributed by atoms with Crippen LogP contribution in [0.3, 0.4) is 0 Å². The maximum atomic E-state index is 4.55. The highest BCUT2D eigenvalue weighted by atomic mass is 32.2. The van der Waals surface area contributed by atoms with E-state index < -0.39 is 0 Å². The molecule has 0 unspecified atom stereocenters. The molecule has 2 heterocycles. The fourth-order valence-corrected chi connectivity index (χ4v) is 4.12. The molecule has 1 N–H and O–H groups in total. The molecule has 2 rings (SSSR count). The molecule has 0 saturated carbocycles. The van der Waals surface area contributed by atoms with Crippen LogP contribution in [0.1, 0.15) is 25.3 Å². The molecule has 6 heteroatoms. The molecular formula is C12H17N3S3. The zero-order valence-corrected chi connectivity index (χ0v) is 13.1. The number of aromatic nitrogens is 2. The molecule has 0 spiro atoms. The summed E-state index contributed by atoms with van der Waals surface area (Å²) in [4.78, 5) is 10.2. The first-order valence-electron chi connectivity index (χ1n) is 6.05. The van der Waals surface area contributed by atoms with E-state index in [1.807, 2.05) is 18.0 Å². The van der Waals surface area contributed by atoms with Crippen LogP contribution in [-0.4, -0.2) is 22.3 Å². The summed E-state index contributed by atoms with van der Waals surface area (Å²) < 4.78 is 0. The SMILES string of the molecule is CCCSCc1ncc(-c2csc(NCC)n2)s1. The zero-order chi connectivity index (χ0) is 12.8. The van der Waals surface area contributed by atoms with Crippen molar-refractivity contribution >= 4 is 39.6 Å². The monoisotopic (exact) mass is 299 g/mol. The molecule has 0 atom stereocenters. The minimum atomic E-state index is 0.911. The lowest BCUT2D eigenvalue weighted by atomic mass is 10.4. The van der Waals surface area contributed by atoms with E-state index >= 15 is 0 Å². The largest absolute Gasteiger partial charge is 0.362 e. The third kappa shape index (κ3) is 3.70. The van der Waals surface area contributed by atoms with Gasteiger partial charge in [0.25, 0.3) is 0 Å². The lowest BCUT2D eigenvalue weighted by Crippen LogP contribution is -1.94. The number of nitrogens with zero attached hydrogens (tertiary/aromatic N) is 2. The van der Waals surface area contributed by atoms with Gasteiger partial charge in [-0.2, -0.15) is 11.8 Å². The van der Waals surface area contributed by atoms with Crippen LogP contribution in [0.25, 0.3) is 10.6 Å². The summed E-state index contributed by atoms with van der Waals surface area (Å²) in [7, 11) is 0. The molecule has 3 nitrogen and oxygen atoms in total. The average Bonchev–Trinajstić information content (AvgIpc) is 2.98. The highest BCUT2D eigenvalue weighted by Gasteiger charge is 2.08. The number of nitrogens with one attached hydrogen (secondary N) is 1. The van der Waals surface area contributed by atoms with E-state index in [1.54, 1.807) is 22.7 Å². The average molecular weight is 299 g/mol.